The zero-order chi connectivity index (χ0) is 12.8. The number of rotatable bonds is 1. The van der Waals surface area contributed by atoms with Crippen LogP contribution in [-0.2, 0) is 4.79 Å². The lowest BCUT2D eigenvalue weighted by Crippen LogP contribution is -2.23. The average molecular weight is 267 g/mol. The van der Waals surface area contributed by atoms with Gasteiger partial charge in [-0.2, -0.15) is 0 Å². The number of benzene rings is 2. The molecule has 0 spiro atoms. The van der Waals surface area contributed by atoms with Crippen LogP contribution in [0.3, 0.4) is 0 Å². The third kappa shape index (κ3) is 1.58. The smallest absolute Gasteiger partial charge is 0.227 e. The predicted molar refractivity (Wildman–Crippen MR) is 80.9 cm³/mol. The third-order valence-corrected chi connectivity index (χ3v) is 4.96. The first-order valence-corrected chi connectivity index (χ1v) is 7.37. The maximum atomic E-state index is 12.0. The minimum atomic E-state index is 0.255. The maximum Gasteiger partial charge on any atom is 0.227 e. The molecule has 1 aliphatic heterocycles. The van der Waals surface area contributed by atoms with Crippen molar-refractivity contribution in [1.82, 2.24) is 0 Å². The van der Waals surface area contributed by atoms with Gasteiger partial charge in [0.2, 0.25) is 5.91 Å². The Morgan fingerprint density at radius 3 is 2.68 bits per heavy atom. The minimum absolute atomic E-state index is 0.255. The van der Waals surface area contributed by atoms with E-state index in [-0.39, 0.29) is 5.91 Å². The first-order chi connectivity index (χ1) is 9.34. The molecule has 2 heterocycles. The molecule has 3 aromatic rings. The number of thiophene rings is 1. The fourth-order valence-electron chi connectivity index (χ4n) is 2.85. The lowest BCUT2D eigenvalue weighted by molar-refractivity contribution is -0.117. The van der Waals surface area contributed by atoms with Crippen LogP contribution in [0.25, 0.3) is 20.2 Å². The molecule has 1 saturated heterocycles. The topological polar surface area (TPSA) is 20.3 Å². The number of anilines is 1. The van der Waals surface area contributed by atoms with E-state index >= 15 is 0 Å². The van der Waals surface area contributed by atoms with Crippen LogP contribution >= 0.6 is 11.3 Å². The van der Waals surface area contributed by atoms with Gasteiger partial charge in [-0.1, -0.05) is 30.3 Å². The fraction of sp³-hybridized carbons (Fsp3) is 0.188. The molecule has 19 heavy (non-hydrogen) atoms. The average Bonchev–Trinajstić information content (AvgIpc) is 3.02. The molecule has 2 nitrogen and oxygen atoms in total. The molecule has 0 aliphatic carbocycles. The summed E-state index contributed by atoms with van der Waals surface area (Å²) in [5.74, 6) is 0.255. The van der Waals surface area contributed by atoms with Gasteiger partial charge < -0.3 is 4.90 Å². The van der Waals surface area contributed by atoms with Crippen LogP contribution < -0.4 is 4.90 Å². The van der Waals surface area contributed by atoms with E-state index in [0.29, 0.717) is 6.42 Å². The molecule has 1 aromatic heterocycles. The molecule has 1 amide bonds. The number of fused-ring (bicyclic) bond motifs is 3. The Labute approximate surface area is 115 Å². The normalized spacial score (nSPS) is 15.8. The summed E-state index contributed by atoms with van der Waals surface area (Å²) in [5, 5.41) is 2.55. The summed E-state index contributed by atoms with van der Waals surface area (Å²) in [6.45, 7) is 0.853. The molecule has 0 radical (unpaired) electrons. The Kier molecular flexibility index (Phi) is 2.35. The van der Waals surface area contributed by atoms with Gasteiger partial charge in [0.05, 0.1) is 10.4 Å². The molecular weight excluding hydrogens is 254 g/mol. The summed E-state index contributed by atoms with van der Waals surface area (Å²) in [5.41, 5.74) is 1.08. The summed E-state index contributed by atoms with van der Waals surface area (Å²) >= 11 is 1.78. The van der Waals surface area contributed by atoms with Crippen molar-refractivity contribution >= 4 is 43.1 Å². The Balaban J connectivity index is 2.03. The van der Waals surface area contributed by atoms with Crippen molar-refractivity contribution in [1.29, 1.82) is 0 Å². The highest BCUT2D eigenvalue weighted by atomic mass is 32.1. The number of carbonyl (C=O) groups is 1. The molecule has 4 rings (SSSR count). The SMILES string of the molecule is O=C1CCCN1c1cccc2c1sc1ccccc12. The van der Waals surface area contributed by atoms with E-state index in [4.69, 9.17) is 0 Å². The van der Waals surface area contributed by atoms with E-state index in [2.05, 4.69) is 42.5 Å². The standard InChI is InChI=1S/C16H13NOS/c18-15-9-4-10-17(15)13-7-3-6-12-11-5-1-2-8-14(11)19-16(12)13/h1-3,5-8H,4,9-10H2. The second-order valence-electron chi connectivity index (χ2n) is 4.90. The predicted octanol–water partition coefficient (Wildman–Crippen LogP) is 4.18. The minimum Gasteiger partial charge on any atom is -0.311 e. The lowest BCUT2D eigenvalue weighted by atomic mass is 10.1. The van der Waals surface area contributed by atoms with E-state index in [1.54, 1.807) is 11.3 Å². The largest absolute Gasteiger partial charge is 0.311 e. The first kappa shape index (κ1) is 11.0. The number of carbonyl (C=O) groups excluding carboxylic acids is 1. The van der Waals surface area contributed by atoms with Crippen molar-refractivity contribution in [3.63, 3.8) is 0 Å². The van der Waals surface area contributed by atoms with Crippen molar-refractivity contribution in [3.8, 4) is 0 Å². The zero-order valence-electron chi connectivity index (χ0n) is 10.4. The molecule has 0 unspecified atom stereocenters. The van der Waals surface area contributed by atoms with Gasteiger partial charge in [0, 0.05) is 28.4 Å². The third-order valence-electron chi connectivity index (χ3n) is 3.75. The highest BCUT2D eigenvalue weighted by Crippen LogP contribution is 2.40. The van der Waals surface area contributed by atoms with Gasteiger partial charge in [-0.3, -0.25) is 4.79 Å². The number of hydrogen-bond acceptors (Lipinski definition) is 2. The van der Waals surface area contributed by atoms with E-state index in [9.17, 15) is 4.79 Å². The van der Waals surface area contributed by atoms with E-state index in [1.165, 1.54) is 20.2 Å². The lowest BCUT2D eigenvalue weighted by Gasteiger charge is -2.16. The molecule has 2 aromatic carbocycles. The van der Waals surface area contributed by atoms with Crippen molar-refractivity contribution in [2.45, 2.75) is 12.8 Å². The Morgan fingerprint density at radius 2 is 1.84 bits per heavy atom. The monoisotopic (exact) mass is 267 g/mol. The van der Waals surface area contributed by atoms with Gasteiger partial charge in [0.15, 0.2) is 0 Å². The van der Waals surface area contributed by atoms with Crippen LogP contribution in [0.5, 0.6) is 0 Å². The van der Waals surface area contributed by atoms with E-state index in [0.717, 1.165) is 18.7 Å². The van der Waals surface area contributed by atoms with Crippen LogP contribution in [0.1, 0.15) is 12.8 Å². The number of hydrogen-bond donors (Lipinski definition) is 0. The summed E-state index contributed by atoms with van der Waals surface area (Å²) in [6.07, 6.45) is 1.65. The van der Waals surface area contributed by atoms with Crippen molar-refractivity contribution in [2.75, 3.05) is 11.4 Å². The second kappa shape index (κ2) is 4.07. The maximum absolute atomic E-state index is 12.0. The van der Waals surface area contributed by atoms with Crippen LogP contribution in [0.4, 0.5) is 5.69 Å². The highest BCUT2D eigenvalue weighted by molar-refractivity contribution is 7.26. The van der Waals surface area contributed by atoms with E-state index in [1.807, 2.05) is 4.90 Å². The Bertz CT molecular complexity index is 790. The van der Waals surface area contributed by atoms with Gasteiger partial charge in [-0.05, 0) is 18.6 Å². The van der Waals surface area contributed by atoms with Crippen LogP contribution in [0, 0.1) is 0 Å². The van der Waals surface area contributed by atoms with Crippen LogP contribution in [0.15, 0.2) is 42.5 Å². The molecule has 0 atom stereocenters. The summed E-state index contributed by atoms with van der Waals surface area (Å²) in [7, 11) is 0. The first-order valence-electron chi connectivity index (χ1n) is 6.55. The van der Waals surface area contributed by atoms with Gasteiger partial charge in [0.1, 0.15) is 0 Å². The number of amides is 1. The molecule has 1 aliphatic rings. The second-order valence-corrected chi connectivity index (χ2v) is 5.95. The molecule has 3 heteroatoms. The van der Waals surface area contributed by atoms with E-state index < -0.39 is 0 Å². The van der Waals surface area contributed by atoms with Crippen molar-refractivity contribution < 1.29 is 4.79 Å². The van der Waals surface area contributed by atoms with Gasteiger partial charge in [-0.25, -0.2) is 0 Å². The van der Waals surface area contributed by atoms with Gasteiger partial charge in [0.25, 0.3) is 0 Å². The summed E-state index contributed by atoms with van der Waals surface area (Å²) in [4.78, 5) is 13.9. The quantitative estimate of drug-likeness (QED) is 0.647. The fourth-order valence-corrected chi connectivity index (χ4v) is 4.07. The molecule has 0 saturated carbocycles. The van der Waals surface area contributed by atoms with Crippen LogP contribution in [-0.4, -0.2) is 12.5 Å². The summed E-state index contributed by atoms with van der Waals surface area (Å²) in [6, 6.07) is 14.7. The van der Waals surface area contributed by atoms with Crippen molar-refractivity contribution in [2.24, 2.45) is 0 Å². The molecule has 0 N–H and O–H groups in total. The van der Waals surface area contributed by atoms with Gasteiger partial charge >= 0.3 is 0 Å². The number of nitrogens with zero attached hydrogens (tertiary/aromatic N) is 1. The van der Waals surface area contributed by atoms with Gasteiger partial charge in [-0.15, -0.1) is 11.3 Å². The van der Waals surface area contributed by atoms with Crippen LogP contribution in [0.2, 0.25) is 0 Å². The van der Waals surface area contributed by atoms with Crippen molar-refractivity contribution in [3.05, 3.63) is 42.5 Å². The molecular formula is C16H13NOS. The molecule has 1 fully saturated rings. The Morgan fingerprint density at radius 1 is 1.00 bits per heavy atom. The Hall–Kier alpha value is -1.87. The molecule has 94 valence electrons. The summed E-state index contributed by atoms with van der Waals surface area (Å²) < 4.78 is 2.52. The zero-order valence-corrected chi connectivity index (χ0v) is 11.2. The highest BCUT2D eigenvalue weighted by Gasteiger charge is 2.24. The molecule has 0 bridgehead atoms.